The van der Waals surface area contributed by atoms with Crippen molar-refractivity contribution >= 4 is 5.91 Å². The van der Waals surface area contributed by atoms with Crippen LogP contribution < -0.4 is 0 Å². The largest absolute Gasteiger partial charge is 0.375 e. The van der Waals surface area contributed by atoms with Gasteiger partial charge in [-0.05, 0) is 51.1 Å². The molecule has 1 aliphatic carbocycles. The molecule has 2 saturated heterocycles. The van der Waals surface area contributed by atoms with E-state index in [1.54, 1.807) is 0 Å². The molecular formula is C21H30N2O2. The third-order valence-electron chi connectivity index (χ3n) is 6.28. The average Bonchev–Trinajstić information content (AvgIpc) is 3.48. The number of amides is 1. The van der Waals surface area contributed by atoms with Crippen LogP contribution in [0.5, 0.6) is 0 Å². The van der Waals surface area contributed by atoms with Gasteiger partial charge in [-0.3, -0.25) is 9.69 Å². The Bertz CT molecular complexity index is 591. The summed E-state index contributed by atoms with van der Waals surface area (Å²) in [6, 6.07) is 11.3. The summed E-state index contributed by atoms with van der Waals surface area (Å²) in [4.78, 5) is 16.9. The van der Waals surface area contributed by atoms with Gasteiger partial charge in [-0.15, -0.1) is 0 Å². The Morgan fingerprint density at radius 3 is 2.60 bits per heavy atom. The molecule has 4 nitrogen and oxygen atoms in total. The molecule has 1 unspecified atom stereocenters. The zero-order chi connectivity index (χ0) is 17.3. The van der Waals surface area contributed by atoms with Crippen molar-refractivity contribution in [3.63, 3.8) is 0 Å². The van der Waals surface area contributed by atoms with Crippen molar-refractivity contribution in [3.8, 4) is 0 Å². The second-order valence-electron chi connectivity index (χ2n) is 8.18. The van der Waals surface area contributed by atoms with E-state index in [1.165, 1.54) is 5.56 Å². The van der Waals surface area contributed by atoms with Gasteiger partial charge in [0, 0.05) is 38.2 Å². The molecule has 4 heteroatoms. The predicted octanol–water partition coefficient (Wildman–Crippen LogP) is 3.07. The van der Waals surface area contributed by atoms with Crippen molar-refractivity contribution in [1.29, 1.82) is 0 Å². The van der Waals surface area contributed by atoms with Crippen molar-refractivity contribution in [2.24, 2.45) is 5.92 Å². The molecule has 1 aromatic carbocycles. The highest BCUT2D eigenvalue weighted by Crippen LogP contribution is 2.38. The first-order valence-electron chi connectivity index (χ1n) is 9.82. The van der Waals surface area contributed by atoms with Crippen LogP contribution in [0.25, 0.3) is 0 Å². The maximum absolute atomic E-state index is 12.3. The molecule has 0 bridgehead atoms. The molecule has 136 valence electrons. The van der Waals surface area contributed by atoms with Crippen molar-refractivity contribution in [3.05, 3.63) is 35.9 Å². The molecule has 2 aliphatic heterocycles. The van der Waals surface area contributed by atoms with E-state index < -0.39 is 0 Å². The molecule has 3 aliphatic rings. The molecular weight excluding hydrogens is 312 g/mol. The van der Waals surface area contributed by atoms with Gasteiger partial charge in [-0.1, -0.05) is 30.3 Å². The monoisotopic (exact) mass is 342 g/mol. The molecule has 25 heavy (non-hydrogen) atoms. The lowest BCUT2D eigenvalue weighted by atomic mass is 9.81. The van der Waals surface area contributed by atoms with Crippen LogP contribution in [0.4, 0.5) is 0 Å². The van der Waals surface area contributed by atoms with E-state index in [4.69, 9.17) is 4.74 Å². The Hall–Kier alpha value is -1.39. The number of rotatable bonds is 4. The molecule has 0 radical (unpaired) electrons. The highest BCUT2D eigenvalue weighted by atomic mass is 16.5. The molecule has 1 spiro atoms. The minimum Gasteiger partial charge on any atom is -0.375 e. The quantitative estimate of drug-likeness (QED) is 0.843. The van der Waals surface area contributed by atoms with Crippen molar-refractivity contribution < 1.29 is 9.53 Å². The molecule has 0 aromatic heterocycles. The molecule has 0 N–H and O–H groups in total. The average molecular weight is 342 g/mol. The molecule has 2 heterocycles. The highest BCUT2D eigenvalue weighted by Gasteiger charge is 2.43. The van der Waals surface area contributed by atoms with Crippen LogP contribution in [0.1, 0.15) is 44.1 Å². The van der Waals surface area contributed by atoms with Gasteiger partial charge in [0.25, 0.3) is 0 Å². The van der Waals surface area contributed by atoms with Crippen molar-refractivity contribution in [2.45, 2.75) is 56.7 Å². The second kappa shape index (κ2) is 7.08. The number of piperidine rings is 1. The number of nitrogens with zero attached hydrogens (tertiary/aromatic N) is 2. The lowest BCUT2D eigenvalue weighted by Crippen LogP contribution is -2.54. The lowest BCUT2D eigenvalue weighted by Gasteiger charge is -2.48. The maximum Gasteiger partial charge on any atom is 0.225 e. The summed E-state index contributed by atoms with van der Waals surface area (Å²) in [5.41, 5.74) is 1.36. The third kappa shape index (κ3) is 3.90. The SMILES string of the molecule is CN(Cc1ccccc1)C1CCOC2(CCN(C(=O)C3CC3)CC2)C1. The summed E-state index contributed by atoms with van der Waals surface area (Å²) >= 11 is 0. The first-order valence-corrected chi connectivity index (χ1v) is 9.82. The fourth-order valence-electron chi connectivity index (χ4n) is 4.45. The zero-order valence-corrected chi connectivity index (χ0v) is 15.3. The normalized spacial score (nSPS) is 26.2. The van der Waals surface area contributed by atoms with Gasteiger partial charge in [0.2, 0.25) is 5.91 Å². The van der Waals surface area contributed by atoms with Crippen molar-refractivity contribution in [1.82, 2.24) is 9.80 Å². The van der Waals surface area contributed by atoms with E-state index in [2.05, 4.69) is 47.2 Å². The Balaban J connectivity index is 1.33. The van der Waals surface area contributed by atoms with Crippen LogP contribution in [0.2, 0.25) is 0 Å². The van der Waals surface area contributed by atoms with Crippen LogP contribution >= 0.6 is 0 Å². The summed E-state index contributed by atoms with van der Waals surface area (Å²) in [6.45, 7) is 3.60. The number of ether oxygens (including phenoxy) is 1. The lowest BCUT2D eigenvalue weighted by molar-refractivity contribution is -0.149. The zero-order valence-electron chi connectivity index (χ0n) is 15.3. The highest BCUT2D eigenvalue weighted by molar-refractivity contribution is 5.81. The van der Waals surface area contributed by atoms with Gasteiger partial charge in [0.1, 0.15) is 0 Å². The van der Waals surface area contributed by atoms with Gasteiger partial charge in [0.05, 0.1) is 5.60 Å². The molecule has 1 aromatic rings. The van der Waals surface area contributed by atoms with E-state index in [0.717, 1.165) is 64.8 Å². The molecule has 1 atom stereocenters. The molecule has 1 amide bonds. The van der Waals surface area contributed by atoms with Crippen LogP contribution in [0, 0.1) is 5.92 Å². The fraction of sp³-hybridized carbons (Fsp3) is 0.667. The summed E-state index contributed by atoms with van der Waals surface area (Å²) in [5, 5.41) is 0. The van der Waals surface area contributed by atoms with Crippen LogP contribution in [0.15, 0.2) is 30.3 Å². The first kappa shape index (κ1) is 17.0. The predicted molar refractivity (Wildman–Crippen MR) is 98.2 cm³/mol. The Morgan fingerprint density at radius 1 is 1.20 bits per heavy atom. The van der Waals surface area contributed by atoms with Crippen molar-refractivity contribution in [2.75, 3.05) is 26.7 Å². The molecule has 3 fully saturated rings. The maximum atomic E-state index is 12.3. The number of hydrogen-bond donors (Lipinski definition) is 0. The number of benzene rings is 1. The summed E-state index contributed by atoms with van der Waals surface area (Å²) in [6.07, 6.45) is 6.41. The molecule has 4 rings (SSSR count). The molecule has 1 saturated carbocycles. The standard InChI is InChI=1S/C21H30N2O2/c1-22(16-17-5-3-2-4-6-17)19-9-14-25-21(15-19)10-12-23(13-11-21)20(24)18-7-8-18/h2-6,18-19H,7-16H2,1H3. The van der Waals surface area contributed by atoms with Gasteiger partial charge in [-0.25, -0.2) is 0 Å². The first-order chi connectivity index (χ1) is 12.2. The summed E-state index contributed by atoms with van der Waals surface area (Å²) in [5.74, 6) is 0.731. The number of carbonyl (C=O) groups excluding carboxylic acids is 1. The number of carbonyl (C=O) groups is 1. The smallest absolute Gasteiger partial charge is 0.225 e. The van der Waals surface area contributed by atoms with Crippen LogP contribution in [-0.4, -0.2) is 54.1 Å². The van der Waals surface area contributed by atoms with Crippen LogP contribution in [0.3, 0.4) is 0 Å². The van der Waals surface area contributed by atoms with E-state index >= 15 is 0 Å². The van der Waals surface area contributed by atoms with E-state index in [9.17, 15) is 4.79 Å². The van der Waals surface area contributed by atoms with E-state index in [-0.39, 0.29) is 5.60 Å². The van der Waals surface area contributed by atoms with E-state index in [0.29, 0.717) is 17.9 Å². The second-order valence-corrected chi connectivity index (χ2v) is 8.18. The number of likely N-dealkylation sites (tertiary alicyclic amines) is 1. The Kier molecular flexibility index (Phi) is 4.83. The number of hydrogen-bond acceptors (Lipinski definition) is 3. The summed E-state index contributed by atoms with van der Waals surface area (Å²) < 4.78 is 6.28. The summed E-state index contributed by atoms with van der Waals surface area (Å²) in [7, 11) is 2.24. The van der Waals surface area contributed by atoms with E-state index in [1.807, 2.05) is 0 Å². The van der Waals surface area contributed by atoms with Gasteiger partial charge >= 0.3 is 0 Å². The topological polar surface area (TPSA) is 32.8 Å². The van der Waals surface area contributed by atoms with Gasteiger partial charge < -0.3 is 9.64 Å². The fourth-order valence-corrected chi connectivity index (χ4v) is 4.45. The Morgan fingerprint density at radius 2 is 1.92 bits per heavy atom. The third-order valence-corrected chi connectivity index (χ3v) is 6.28. The minimum absolute atomic E-state index is 0.00576. The van der Waals surface area contributed by atoms with Gasteiger partial charge in [-0.2, -0.15) is 0 Å². The Labute approximate surface area is 151 Å². The minimum atomic E-state index is -0.00576. The van der Waals surface area contributed by atoms with Gasteiger partial charge in [0.15, 0.2) is 0 Å². The van der Waals surface area contributed by atoms with Crippen LogP contribution in [-0.2, 0) is 16.1 Å².